The van der Waals surface area contributed by atoms with Crippen molar-refractivity contribution >= 4 is 17.2 Å². The Hall–Kier alpha value is -2.40. The van der Waals surface area contributed by atoms with Crippen LogP contribution in [0.15, 0.2) is 57.8 Å². The van der Waals surface area contributed by atoms with Crippen molar-refractivity contribution in [3.63, 3.8) is 0 Å². The molecule has 2 aromatic heterocycles. The number of amides is 1. The third kappa shape index (κ3) is 3.03. The number of carbonyl (C=O) groups excluding carboxylic acids is 1. The second-order valence-electron chi connectivity index (χ2n) is 4.65. The van der Waals surface area contributed by atoms with E-state index < -0.39 is 0 Å². The molecule has 21 heavy (non-hydrogen) atoms. The Balaban J connectivity index is 1.73. The van der Waals surface area contributed by atoms with E-state index in [1.165, 1.54) is 0 Å². The molecular formula is C16H14N2O2S. The largest absolute Gasteiger partial charge is 0.432 e. The summed E-state index contributed by atoms with van der Waals surface area (Å²) in [6.07, 6.45) is 1.57. The van der Waals surface area contributed by atoms with Crippen molar-refractivity contribution in [2.45, 2.75) is 13.0 Å². The fourth-order valence-corrected chi connectivity index (χ4v) is 2.73. The van der Waals surface area contributed by atoms with Gasteiger partial charge < -0.3 is 9.73 Å². The van der Waals surface area contributed by atoms with Gasteiger partial charge in [0.25, 0.3) is 5.89 Å². The number of oxazole rings is 1. The minimum absolute atomic E-state index is 0.0733. The molecule has 0 saturated heterocycles. The quantitative estimate of drug-likeness (QED) is 0.795. The highest BCUT2D eigenvalue weighted by molar-refractivity contribution is 7.07. The van der Waals surface area contributed by atoms with E-state index in [1.807, 2.05) is 54.1 Å². The van der Waals surface area contributed by atoms with Gasteiger partial charge in [-0.15, -0.1) is 0 Å². The molecule has 0 aliphatic heterocycles. The summed E-state index contributed by atoms with van der Waals surface area (Å²) in [5, 5.41) is 6.87. The summed E-state index contributed by atoms with van der Waals surface area (Å²) in [5.74, 6) is 0.357. The van der Waals surface area contributed by atoms with E-state index in [1.54, 1.807) is 17.5 Å². The zero-order valence-electron chi connectivity index (χ0n) is 11.4. The molecule has 2 heterocycles. The van der Waals surface area contributed by atoms with Gasteiger partial charge in [-0.25, -0.2) is 4.98 Å². The lowest BCUT2D eigenvalue weighted by Crippen LogP contribution is -2.26. The van der Waals surface area contributed by atoms with E-state index in [9.17, 15) is 4.79 Å². The zero-order chi connectivity index (χ0) is 14.7. The van der Waals surface area contributed by atoms with Crippen molar-refractivity contribution in [1.29, 1.82) is 0 Å². The molecule has 0 fully saturated rings. The van der Waals surface area contributed by atoms with Crippen LogP contribution in [0.5, 0.6) is 0 Å². The molecule has 3 rings (SSSR count). The van der Waals surface area contributed by atoms with Gasteiger partial charge in [0, 0.05) is 5.56 Å². The van der Waals surface area contributed by atoms with Crippen molar-refractivity contribution in [3.8, 4) is 11.3 Å². The summed E-state index contributed by atoms with van der Waals surface area (Å²) in [7, 11) is 0. The predicted octanol–water partition coefficient (Wildman–Crippen LogP) is 3.89. The van der Waals surface area contributed by atoms with Crippen LogP contribution in [-0.4, -0.2) is 10.9 Å². The molecule has 1 amide bonds. The highest BCUT2D eigenvalue weighted by atomic mass is 32.1. The van der Waals surface area contributed by atoms with Gasteiger partial charge in [-0.3, -0.25) is 4.79 Å². The molecule has 0 aliphatic carbocycles. The number of hydrogen-bond donors (Lipinski definition) is 1. The normalized spacial score (nSPS) is 12.0. The van der Waals surface area contributed by atoms with E-state index in [0.29, 0.717) is 5.76 Å². The number of aromatic nitrogens is 1. The molecule has 0 bridgehead atoms. The van der Waals surface area contributed by atoms with E-state index in [2.05, 4.69) is 10.3 Å². The highest BCUT2D eigenvalue weighted by Gasteiger charge is 2.17. The third-order valence-corrected chi connectivity index (χ3v) is 3.85. The molecular weight excluding hydrogens is 284 g/mol. The van der Waals surface area contributed by atoms with Gasteiger partial charge in [-0.05, 0) is 29.3 Å². The van der Waals surface area contributed by atoms with Gasteiger partial charge in [0.05, 0.1) is 12.2 Å². The number of carbonyl (C=O) groups is 1. The molecule has 1 N–H and O–H groups in total. The topological polar surface area (TPSA) is 55.1 Å². The smallest absolute Gasteiger partial charge is 0.307 e. The second-order valence-corrected chi connectivity index (χ2v) is 5.43. The first-order valence-corrected chi connectivity index (χ1v) is 7.52. The zero-order valence-corrected chi connectivity index (χ0v) is 12.3. The van der Waals surface area contributed by atoms with Gasteiger partial charge in [0.2, 0.25) is 0 Å². The average molecular weight is 298 g/mol. The maximum atomic E-state index is 12.1. The van der Waals surface area contributed by atoms with Gasteiger partial charge in [-0.2, -0.15) is 11.3 Å². The molecule has 0 spiro atoms. The number of rotatable bonds is 4. The number of thiophene rings is 1. The van der Waals surface area contributed by atoms with Gasteiger partial charge in [0.15, 0.2) is 5.76 Å². The molecule has 0 aliphatic rings. The third-order valence-electron chi connectivity index (χ3n) is 3.15. The van der Waals surface area contributed by atoms with Crippen molar-refractivity contribution in [3.05, 3.63) is 64.8 Å². The van der Waals surface area contributed by atoms with Crippen molar-refractivity contribution in [2.75, 3.05) is 0 Å². The maximum Gasteiger partial charge on any atom is 0.307 e. The Morgan fingerprint density at radius 3 is 2.81 bits per heavy atom. The lowest BCUT2D eigenvalue weighted by molar-refractivity contribution is 0.0905. The Morgan fingerprint density at radius 2 is 2.10 bits per heavy atom. The highest BCUT2D eigenvalue weighted by Crippen LogP contribution is 2.20. The minimum atomic E-state index is -0.309. The molecule has 0 unspecified atom stereocenters. The Bertz CT molecular complexity index is 720. The van der Waals surface area contributed by atoms with Crippen LogP contribution in [0.4, 0.5) is 0 Å². The number of nitrogens with one attached hydrogen (secondary N) is 1. The Kier molecular flexibility index (Phi) is 3.83. The molecule has 1 atom stereocenters. The first-order chi connectivity index (χ1) is 10.2. The SMILES string of the molecule is C[C@@H](NC(=O)c1ncc(-c2ccccc2)o1)c1ccsc1. The lowest BCUT2D eigenvalue weighted by Gasteiger charge is -2.10. The summed E-state index contributed by atoms with van der Waals surface area (Å²) in [5.41, 5.74) is 1.97. The van der Waals surface area contributed by atoms with Crippen molar-refractivity contribution in [2.24, 2.45) is 0 Å². The summed E-state index contributed by atoms with van der Waals surface area (Å²) in [6, 6.07) is 11.5. The van der Waals surface area contributed by atoms with Gasteiger partial charge in [-0.1, -0.05) is 30.3 Å². The molecule has 3 aromatic rings. The molecule has 106 valence electrons. The number of hydrogen-bond acceptors (Lipinski definition) is 4. The van der Waals surface area contributed by atoms with Gasteiger partial charge in [0.1, 0.15) is 0 Å². The summed E-state index contributed by atoms with van der Waals surface area (Å²) < 4.78 is 5.53. The second kappa shape index (κ2) is 5.93. The molecule has 1 aromatic carbocycles. The van der Waals surface area contributed by atoms with E-state index in [0.717, 1.165) is 11.1 Å². The van der Waals surface area contributed by atoms with Crippen LogP contribution in [0.2, 0.25) is 0 Å². The monoisotopic (exact) mass is 298 g/mol. The summed E-state index contributed by atoms with van der Waals surface area (Å²) in [6.45, 7) is 1.93. The van der Waals surface area contributed by atoms with Crippen LogP contribution in [0.1, 0.15) is 29.2 Å². The van der Waals surface area contributed by atoms with E-state index in [-0.39, 0.29) is 17.8 Å². The first kappa shape index (κ1) is 13.6. The Labute approximate surface area is 126 Å². The molecule has 5 heteroatoms. The Morgan fingerprint density at radius 1 is 1.29 bits per heavy atom. The molecule has 0 saturated carbocycles. The van der Waals surface area contributed by atoms with E-state index in [4.69, 9.17) is 4.42 Å². The van der Waals surface area contributed by atoms with Crippen molar-refractivity contribution in [1.82, 2.24) is 10.3 Å². The fourth-order valence-electron chi connectivity index (χ4n) is 1.98. The molecule has 4 nitrogen and oxygen atoms in total. The van der Waals surface area contributed by atoms with Crippen LogP contribution < -0.4 is 5.32 Å². The van der Waals surface area contributed by atoms with E-state index >= 15 is 0 Å². The fraction of sp³-hybridized carbons (Fsp3) is 0.125. The number of nitrogens with zero attached hydrogens (tertiary/aromatic N) is 1. The van der Waals surface area contributed by atoms with Crippen LogP contribution >= 0.6 is 11.3 Å². The summed E-state index contributed by atoms with van der Waals surface area (Å²) in [4.78, 5) is 16.2. The maximum absolute atomic E-state index is 12.1. The predicted molar refractivity (Wildman–Crippen MR) is 82.1 cm³/mol. The standard InChI is InChI=1S/C16H14N2O2S/c1-11(13-7-8-21-10-13)18-15(19)16-17-9-14(20-16)12-5-3-2-4-6-12/h2-11H,1H3,(H,18,19)/t11-/m1/s1. The lowest BCUT2D eigenvalue weighted by atomic mass is 10.2. The average Bonchev–Trinajstić information content (AvgIpc) is 3.20. The minimum Gasteiger partial charge on any atom is -0.432 e. The number of benzene rings is 1. The summed E-state index contributed by atoms with van der Waals surface area (Å²) >= 11 is 1.60. The van der Waals surface area contributed by atoms with Crippen LogP contribution in [-0.2, 0) is 0 Å². The van der Waals surface area contributed by atoms with Crippen molar-refractivity contribution < 1.29 is 9.21 Å². The first-order valence-electron chi connectivity index (χ1n) is 6.58. The van der Waals surface area contributed by atoms with Crippen LogP contribution in [0.25, 0.3) is 11.3 Å². The van der Waals surface area contributed by atoms with Crippen LogP contribution in [0, 0.1) is 0 Å². The van der Waals surface area contributed by atoms with Gasteiger partial charge >= 0.3 is 5.91 Å². The van der Waals surface area contributed by atoms with Crippen LogP contribution in [0.3, 0.4) is 0 Å². The molecule has 0 radical (unpaired) electrons.